The lowest BCUT2D eigenvalue weighted by Gasteiger charge is -2.05. The molecule has 0 unspecified atom stereocenters. The molecule has 0 amide bonds. The van der Waals surface area contributed by atoms with Crippen LogP contribution >= 0.6 is 0 Å². The SMILES string of the molecule is CCCCCCc1nn2ccccc2c1-c1ccc(S(C)(=O)=O)cc1. The van der Waals surface area contributed by atoms with Crippen LogP contribution in [0.2, 0.25) is 0 Å². The summed E-state index contributed by atoms with van der Waals surface area (Å²) < 4.78 is 25.3. The molecule has 0 aliphatic heterocycles. The highest BCUT2D eigenvalue weighted by Gasteiger charge is 2.15. The van der Waals surface area contributed by atoms with Crippen molar-refractivity contribution in [1.29, 1.82) is 0 Å². The second kappa shape index (κ2) is 7.40. The number of aromatic nitrogens is 2. The zero-order chi connectivity index (χ0) is 17.9. The number of benzene rings is 1. The first-order chi connectivity index (χ1) is 12.0. The molecule has 0 spiro atoms. The van der Waals surface area contributed by atoms with Gasteiger partial charge in [0.2, 0.25) is 0 Å². The second-order valence-electron chi connectivity index (χ2n) is 6.46. The van der Waals surface area contributed by atoms with E-state index in [4.69, 9.17) is 5.10 Å². The fourth-order valence-electron chi connectivity index (χ4n) is 3.13. The maximum Gasteiger partial charge on any atom is 0.175 e. The van der Waals surface area contributed by atoms with Crippen LogP contribution in [0.15, 0.2) is 53.6 Å². The van der Waals surface area contributed by atoms with Crippen LogP contribution in [-0.2, 0) is 16.3 Å². The highest BCUT2D eigenvalue weighted by atomic mass is 32.2. The minimum Gasteiger partial charge on any atom is -0.240 e. The summed E-state index contributed by atoms with van der Waals surface area (Å²) in [6, 6.07) is 13.2. The average Bonchev–Trinajstić information content (AvgIpc) is 2.96. The fourth-order valence-corrected chi connectivity index (χ4v) is 3.76. The van der Waals surface area contributed by atoms with E-state index in [2.05, 4.69) is 13.0 Å². The van der Waals surface area contributed by atoms with Gasteiger partial charge < -0.3 is 0 Å². The number of hydrogen-bond donors (Lipinski definition) is 0. The molecule has 25 heavy (non-hydrogen) atoms. The molecule has 0 aliphatic carbocycles. The van der Waals surface area contributed by atoms with Gasteiger partial charge in [0.25, 0.3) is 0 Å². The van der Waals surface area contributed by atoms with Crippen molar-refractivity contribution in [2.75, 3.05) is 6.26 Å². The smallest absolute Gasteiger partial charge is 0.175 e. The Kier molecular flexibility index (Phi) is 5.23. The molecule has 3 aromatic rings. The van der Waals surface area contributed by atoms with E-state index < -0.39 is 9.84 Å². The van der Waals surface area contributed by atoms with E-state index in [1.165, 1.54) is 25.5 Å². The molecule has 0 radical (unpaired) electrons. The molecule has 0 bridgehead atoms. The number of unbranched alkanes of at least 4 members (excludes halogenated alkanes) is 3. The van der Waals surface area contributed by atoms with Crippen molar-refractivity contribution in [3.05, 3.63) is 54.4 Å². The zero-order valence-electron chi connectivity index (χ0n) is 14.8. The Morgan fingerprint density at radius 1 is 1.00 bits per heavy atom. The van der Waals surface area contributed by atoms with Crippen LogP contribution in [0.3, 0.4) is 0 Å². The number of fused-ring (bicyclic) bond motifs is 1. The lowest BCUT2D eigenvalue weighted by molar-refractivity contribution is 0.602. The van der Waals surface area contributed by atoms with Crippen LogP contribution in [-0.4, -0.2) is 24.3 Å². The number of hydrogen-bond acceptors (Lipinski definition) is 3. The molecule has 0 aliphatic rings. The first-order valence-electron chi connectivity index (χ1n) is 8.77. The van der Waals surface area contributed by atoms with Crippen LogP contribution < -0.4 is 0 Å². The molecule has 2 aromatic heterocycles. The van der Waals surface area contributed by atoms with E-state index in [0.29, 0.717) is 4.90 Å². The summed E-state index contributed by atoms with van der Waals surface area (Å²) in [4.78, 5) is 0.345. The number of sulfone groups is 1. The van der Waals surface area contributed by atoms with Crippen LogP contribution in [0, 0.1) is 0 Å². The topological polar surface area (TPSA) is 51.4 Å². The molecule has 1 aromatic carbocycles. The third kappa shape index (κ3) is 3.93. The highest BCUT2D eigenvalue weighted by molar-refractivity contribution is 7.90. The van der Waals surface area contributed by atoms with E-state index >= 15 is 0 Å². The molecule has 2 heterocycles. The minimum atomic E-state index is -3.18. The molecule has 4 nitrogen and oxygen atoms in total. The first-order valence-corrected chi connectivity index (χ1v) is 10.7. The third-order valence-corrected chi connectivity index (χ3v) is 5.58. The number of rotatable bonds is 7. The van der Waals surface area contributed by atoms with Crippen molar-refractivity contribution in [1.82, 2.24) is 9.61 Å². The van der Waals surface area contributed by atoms with Crippen molar-refractivity contribution in [3.8, 4) is 11.1 Å². The molecule has 3 rings (SSSR count). The predicted octanol–water partition coefficient (Wildman–Crippen LogP) is 4.53. The van der Waals surface area contributed by atoms with Crippen molar-refractivity contribution < 1.29 is 8.42 Å². The lowest BCUT2D eigenvalue weighted by Crippen LogP contribution is -1.96. The third-order valence-electron chi connectivity index (χ3n) is 4.45. The maximum absolute atomic E-state index is 11.7. The Hall–Kier alpha value is -2.14. The van der Waals surface area contributed by atoms with Crippen LogP contribution in [0.4, 0.5) is 0 Å². The number of nitrogens with zero attached hydrogens (tertiary/aromatic N) is 2. The van der Waals surface area contributed by atoms with Gasteiger partial charge in [-0.15, -0.1) is 0 Å². The van der Waals surface area contributed by atoms with Gasteiger partial charge in [-0.1, -0.05) is 44.4 Å². The quantitative estimate of drug-likeness (QED) is 0.585. The fraction of sp³-hybridized carbons (Fsp3) is 0.350. The predicted molar refractivity (Wildman–Crippen MR) is 102 cm³/mol. The van der Waals surface area contributed by atoms with Gasteiger partial charge in [0.15, 0.2) is 9.84 Å². The summed E-state index contributed by atoms with van der Waals surface area (Å²) >= 11 is 0. The molecule has 5 heteroatoms. The molecular weight excluding hydrogens is 332 g/mol. The molecule has 0 saturated carbocycles. The van der Waals surface area contributed by atoms with Gasteiger partial charge in [0.05, 0.1) is 16.1 Å². The summed E-state index contributed by atoms with van der Waals surface area (Å²) in [6.45, 7) is 2.21. The van der Waals surface area contributed by atoms with E-state index in [1.807, 2.05) is 35.0 Å². The zero-order valence-corrected chi connectivity index (χ0v) is 15.6. The summed E-state index contributed by atoms with van der Waals surface area (Å²) in [5, 5.41) is 4.76. The number of aryl methyl sites for hydroxylation is 1. The Bertz CT molecular complexity index is 957. The van der Waals surface area contributed by atoms with Crippen molar-refractivity contribution >= 4 is 15.4 Å². The summed E-state index contributed by atoms with van der Waals surface area (Å²) in [5.74, 6) is 0. The van der Waals surface area contributed by atoms with Crippen LogP contribution in [0.25, 0.3) is 16.6 Å². The van der Waals surface area contributed by atoms with Gasteiger partial charge in [0, 0.05) is 18.0 Å². The Labute approximate surface area is 149 Å². The lowest BCUT2D eigenvalue weighted by atomic mass is 10.0. The molecule has 132 valence electrons. The molecule has 0 atom stereocenters. The van der Waals surface area contributed by atoms with Crippen LogP contribution in [0.1, 0.15) is 38.3 Å². The van der Waals surface area contributed by atoms with Gasteiger partial charge >= 0.3 is 0 Å². The average molecular weight is 356 g/mol. The van der Waals surface area contributed by atoms with Gasteiger partial charge in [-0.25, -0.2) is 12.9 Å². The summed E-state index contributed by atoms with van der Waals surface area (Å²) in [6.07, 6.45) is 8.90. The molecule has 0 saturated heterocycles. The van der Waals surface area contributed by atoms with Gasteiger partial charge in [-0.05, 0) is 42.7 Å². The van der Waals surface area contributed by atoms with Gasteiger partial charge in [-0.3, -0.25) is 0 Å². The molecule has 0 fully saturated rings. The van der Waals surface area contributed by atoms with E-state index in [0.717, 1.165) is 35.2 Å². The standard InChI is InChI=1S/C20H24N2O2S/c1-3-4-5-6-9-18-20(19-10-7-8-15-22(19)21-18)16-11-13-17(14-12-16)25(2,23)24/h7-8,10-15H,3-6,9H2,1-2H3. The van der Waals surface area contributed by atoms with Gasteiger partial charge in [0.1, 0.15) is 0 Å². The van der Waals surface area contributed by atoms with Gasteiger partial charge in [-0.2, -0.15) is 5.10 Å². The van der Waals surface area contributed by atoms with E-state index in [-0.39, 0.29) is 0 Å². The Morgan fingerprint density at radius 3 is 2.44 bits per heavy atom. The first kappa shape index (κ1) is 17.7. The largest absolute Gasteiger partial charge is 0.240 e. The van der Waals surface area contributed by atoms with Crippen molar-refractivity contribution in [2.24, 2.45) is 0 Å². The number of pyridine rings is 1. The minimum absolute atomic E-state index is 0.345. The van der Waals surface area contributed by atoms with Crippen molar-refractivity contribution in [2.45, 2.75) is 43.9 Å². The Balaban J connectivity index is 2.01. The monoisotopic (exact) mass is 356 g/mol. The van der Waals surface area contributed by atoms with Crippen molar-refractivity contribution in [3.63, 3.8) is 0 Å². The second-order valence-corrected chi connectivity index (χ2v) is 8.48. The summed E-state index contributed by atoms with van der Waals surface area (Å²) in [5.41, 5.74) is 4.26. The summed E-state index contributed by atoms with van der Waals surface area (Å²) in [7, 11) is -3.18. The molecule has 0 N–H and O–H groups in total. The van der Waals surface area contributed by atoms with Crippen LogP contribution in [0.5, 0.6) is 0 Å². The molecular formula is C20H24N2O2S. The maximum atomic E-state index is 11.7. The van der Waals surface area contributed by atoms with E-state index in [9.17, 15) is 8.42 Å². The van der Waals surface area contributed by atoms with E-state index in [1.54, 1.807) is 12.1 Å². The Morgan fingerprint density at radius 2 is 1.76 bits per heavy atom. The highest BCUT2D eigenvalue weighted by Crippen LogP contribution is 2.30. The normalized spacial score (nSPS) is 11.9.